The molecule has 40 heavy (non-hydrogen) atoms. The van der Waals surface area contributed by atoms with Crippen LogP contribution < -0.4 is 14.4 Å². The summed E-state index contributed by atoms with van der Waals surface area (Å²) in [6.45, 7) is 9.26. The highest BCUT2D eigenvalue weighted by Crippen LogP contribution is 2.29. The van der Waals surface area contributed by atoms with E-state index < -0.39 is 28.5 Å². The van der Waals surface area contributed by atoms with Crippen LogP contribution >= 0.6 is 0 Å². The summed E-state index contributed by atoms with van der Waals surface area (Å²) < 4.78 is 34.6. The predicted molar refractivity (Wildman–Crippen MR) is 158 cm³/mol. The summed E-state index contributed by atoms with van der Waals surface area (Å²) in [5.74, 6) is -0.159. The van der Waals surface area contributed by atoms with E-state index in [1.54, 1.807) is 49.6 Å². The van der Waals surface area contributed by atoms with Gasteiger partial charge in [0.2, 0.25) is 11.8 Å². The van der Waals surface area contributed by atoms with E-state index in [0.29, 0.717) is 30.0 Å². The molecule has 0 radical (unpaired) electrons. The molecule has 0 fully saturated rings. The summed E-state index contributed by atoms with van der Waals surface area (Å²) >= 11 is 0. The zero-order chi connectivity index (χ0) is 29.4. The number of carbonyl (C=O) groups is 2. The molecule has 2 amide bonds. The molecule has 0 heterocycles. The van der Waals surface area contributed by atoms with Gasteiger partial charge in [-0.25, -0.2) is 8.42 Å². The number of anilines is 1. The number of methoxy groups -OCH3 is 1. The predicted octanol–water partition coefficient (Wildman–Crippen LogP) is 4.76. The Kier molecular flexibility index (Phi) is 10.3. The molecule has 0 aliphatic rings. The molecule has 0 aliphatic heterocycles. The van der Waals surface area contributed by atoms with Crippen LogP contribution in [0.1, 0.15) is 42.5 Å². The lowest BCUT2D eigenvalue weighted by molar-refractivity contribution is -0.140. The van der Waals surface area contributed by atoms with Crippen molar-refractivity contribution >= 4 is 27.5 Å². The zero-order valence-corrected chi connectivity index (χ0v) is 24.9. The Hall–Kier alpha value is -3.85. The van der Waals surface area contributed by atoms with Crippen molar-refractivity contribution in [3.8, 4) is 5.75 Å². The number of sulfonamides is 1. The SMILES string of the molecule is CCNC(=O)[C@@H](CC)N(Cc1cccc(OC)c1)C(=O)CN(c1cc(C)ccc1C)S(=O)(=O)c1ccc(C)cc1. The van der Waals surface area contributed by atoms with Gasteiger partial charge < -0.3 is 15.0 Å². The van der Waals surface area contributed by atoms with Gasteiger partial charge in [0.1, 0.15) is 18.3 Å². The van der Waals surface area contributed by atoms with Crippen LogP contribution in [0.15, 0.2) is 71.6 Å². The number of hydrogen-bond donors (Lipinski definition) is 1. The summed E-state index contributed by atoms with van der Waals surface area (Å²) in [6.07, 6.45) is 0.357. The average Bonchev–Trinajstić information content (AvgIpc) is 2.93. The van der Waals surface area contributed by atoms with Crippen LogP contribution in [0.25, 0.3) is 0 Å². The number of amides is 2. The monoisotopic (exact) mass is 565 g/mol. The molecular formula is C31H39N3O5S. The molecule has 3 rings (SSSR count). The number of ether oxygens (including phenoxy) is 1. The van der Waals surface area contributed by atoms with Gasteiger partial charge >= 0.3 is 0 Å². The lowest BCUT2D eigenvalue weighted by Crippen LogP contribution is -2.52. The fourth-order valence-electron chi connectivity index (χ4n) is 4.52. The van der Waals surface area contributed by atoms with Gasteiger partial charge in [0.25, 0.3) is 10.0 Å². The van der Waals surface area contributed by atoms with Crippen LogP contribution in [-0.2, 0) is 26.2 Å². The Morgan fingerprint density at radius 1 is 0.925 bits per heavy atom. The van der Waals surface area contributed by atoms with Crippen molar-refractivity contribution < 1.29 is 22.7 Å². The molecule has 9 heteroatoms. The Morgan fingerprint density at radius 2 is 1.60 bits per heavy atom. The molecule has 0 saturated heterocycles. The zero-order valence-electron chi connectivity index (χ0n) is 24.1. The van der Waals surface area contributed by atoms with Crippen molar-refractivity contribution in [3.63, 3.8) is 0 Å². The van der Waals surface area contributed by atoms with Crippen LogP contribution in [0.3, 0.4) is 0 Å². The molecule has 1 N–H and O–H groups in total. The van der Waals surface area contributed by atoms with Gasteiger partial charge in [-0.2, -0.15) is 0 Å². The lowest BCUT2D eigenvalue weighted by Gasteiger charge is -2.33. The van der Waals surface area contributed by atoms with Crippen molar-refractivity contribution in [1.82, 2.24) is 10.2 Å². The van der Waals surface area contributed by atoms with E-state index >= 15 is 0 Å². The Bertz CT molecular complexity index is 1440. The number of hydrogen-bond acceptors (Lipinski definition) is 5. The molecule has 0 spiro atoms. The first-order valence-corrected chi connectivity index (χ1v) is 14.8. The quantitative estimate of drug-likeness (QED) is 0.342. The minimum atomic E-state index is -4.12. The molecule has 214 valence electrons. The van der Waals surface area contributed by atoms with Gasteiger partial charge in [0, 0.05) is 13.1 Å². The number of likely N-dealkylation sites (N-methyl/N-ethyl adjacent to an activating group) is 1. The average molecular weight is 566 g/mol. The molecule has 0 saturated carbocycles. The van der Waals surface area contributed by atoms with E-state index in [-0.39, 0.29) is 17.3 Å². The second-order valence-electron chi connectivity index (χ2n) is 9.81. The molecular weight excluding hydrogens is 526 g/mol. The third kappa shape index (κ3) is 7.21. The Labute approximate surface area is 238 Å². The van der Waals surface area contributed by atoms with Gasteiger partial charge in [-0.1, -0.05) is 48.9 Å². The van der Waals surface area contributed by atoms with Crippen LogP contribution in [0.5, 0.6) is 5.75 Å². The maximum atomic E-state index is 14.1. The maximum absolute atomic E-state index is 14.1. The summed E-state index contributed by atoms with van der Waals surface area (Å²) in [6, 6.07) is 18.5. The van der Waals surface area contributed by atoms with Crippen LogP contribution in [0.2, 0.25) is 0 Å². The smallest absolute Gasteiger partial charge is 0.264 e. The van der Waals surface area contributed by atoms with Crippen LogP contribution in [0.4, 0.5) is 5.69 Å². The van der Waals surface area contributed by atoms with Crippen molar-refractivity contribution in [3.05, 3.63) is 89.0 Å². The van der Waals surface area contributed by atoms with Gasteiger partial charge in [-0.15, -0.1) is 0 Å². The van der Waals surface area contributed by atoms with Gasteiger partial charge in [-0.05, 0) is 81.1 Å². The summed E-state index contributed by atoms with van der Waals surface area (Å²) in [4.78, 5) is 28.8. The molecule has 8 nitrogen and oxygen atoms in total. The molecule has 3 aromatic carbocycles. The first-order valence-electron chi connectivity index (χ1n) is 13.4. The number of benzene rings is 3. The number of carbonyl (C=O) groups excluding carboxylic acids is 2. The van der Waals surface area contributed by atoms with E-state index in [9.17, 15) is 18.0 Å². The molecule has 1 atom stereocenters. The second kappa shape index (κ2) is 13.5. The molecule has 0 aliphatic carbocycles. The molecule has 0 aromatic heterocycles. The first kappa shape index (κ1) is 30.7. The molecule has 0 bridgehead atoms. The molecule has 0 unspecified atom stereocenters. The largest absolute Gasteiger partial charge is 0.497 e. The number of aryl methyl sites for hydroxylation is 3. The lowest BCUT2D eigenvalue weighted by atomic mass is 10.1. The van der Waals surface area contributed by atoms with E-state index in [2.05, 4.69) is 5.32 Å². The highest BCUT2D eigenvalue weighted by molar-refractivity contribution is 7.92. The summed E-state index contributed by atoms with van der Waals surface area (Å²) in [5.41, 5.74) is 3.67. The third-order valence-corrected chi connectivity index (χ3v) is 8.52. The Morgan fingerprint density at radius 3 is 2.23 bits per heavy atom. The fraction of sp³-hybridized carbons (Fsp3) is 0.355. The Balaban J connectivity index is 2.11. The normalized spacial score (nSPS) is 11.9. The fourth-order valence-corrected chi connectivity index (χ4v) is 5.99. The number of nitrogens with zero attached hydrogens (tertiary/aromatic N) is 2. The highest BCUT2D eigenvalue weighted by Gasteiger charge is 2.34. The summed E-state index contributed by atoms with van der Waals surface area (Å²) in [5, 5.41) is 2.81. The van der Waals surface area contributed by atoms with Gasteiger partial charge in [0.05, 0.1) is 17.7 Å². The highest BCUT2D eigenvalue weighted by atomic mass is 32.2. The van der Waals surface area contributed by atoms with Crippen LogP contribution in [-0.4, -0.2) is 51.4 Å². The number of rotatable bonds is 12. The first-order chi connectivity index (χ1) is 19.0. The van der Waals surface area contributed by atoms with E-state index in [4.69, 9.17) is 4.74 Å². The van der Waals surface area contributed by atoms with Crippen molar-refractivity contribution in [2.75, 3.05) is 24.5 Å². The van der Waals surface area contributed by atoms with Gasteiger partial charge in [0.15, 0.2) is 0 Å². The van der Waals surface area contributed by atoms with E-state index in [1.165, 1.54) is 4.90 Å². The minimum absolute atomic E-state index is 0.0851. The topological polar surface area (TPSA) is 96.0 Å². The second-order valence-corrected chi connectivity index (χ2v) is 11.7. The van der Waals surface area contributed by atoms with E-state index in [1.807, 2.05) is 58.9 Å². The van der Waals surface area contributed by atoms with Crippen molar-refractivity contribution in [1.29, 1.82) is 0 Å². The maximum Gasteiger partial charge on any atom is 0.264 e. The molecule has 3 aromatic rings. The number of nitrogens with one attached hydrogen (secondary N) is 1. The standard InChI is InChI=1S/C31H39N3O5S/c1-7-28(31(36)32-8-2)33(20-25-10-9-11-26(19-25)39-6)30(35)21-34(29-18-23(4)12-15-24(29)5)40(37,38)27-16-13-22(3)14-17-27/h9-19,28H,7-8,20-21H2,1-6H3,(H,32,36)/t28-/m1/s1. The van der Waals surface area contributed by atoms with E-state index in [0.717, 1.165) is 21.0 Å². The van der Waals surface area contributed by atoms with Crippen LogP contribution in [0, 0.1) is 20.8 Å². The van der Waals surface area contributed by atoms with Crippen molar-refractivity contribution in [2.45, 2.75) is 58.5 Å². The van der Waals surface area contributed by atoms with Gasteiger partial charge in [-0.3, -0.25) is 13.9 Å². The third-order valence-electron chi connectivity index (χ3n) is 6.75. The summed E-state index contributed by atoms with van der Waals surface area (Å²) in [7, 11) is -2.56. The minimum Gasteiger partial charge on any atom is -0.497 e. The van der Waals surface area contributed by atoms with Crippen molar-refractivity contribution in [2.24, 2.45) is 0 Å².